The van der Waals surface area contributed by atoms with Crippen LogP contribution in [0, 0.1) is 5.92 Å². The lowest BCUT2D eigenvalue weighted by Gasteiger charge is -2.26. The average Bonchev–Trinajstić information content (AvgIpc) is 2.49. The smallest absolute Gasteiger partial charge is 0.248 e. The van der Waals surface area contributed by atoms with Gasteiger partial charge in [0.1, 0.15) is 0 Å². The van der Waals surface area contributed by atoms with E-state index >= 15 is 0 Å². The zero-order valence-electron chi connectivity index (χ0n) is 12.6. The summed E-state index contributed by atoms with van der Waals surface area (Å²) < 4.78 is 0. The molecule has 2 aromatic carbocycles. The van der Waals surface area contributed by atoms with Crippen LogP contribution in [0.1, 0.15) is 20.3 Å². The molecular weight excluding hydrogens is 260 g/mol. The molecular formula is C18H22N2O. The molecule has 3 heteroatoms. The fourth-order valence-corrected chi connectivity index (χ4v) is 2.33. The standard InChI is InChI=1S/C18H22N2O/c1-14(2)13-17(19)18(21)20(15-9-5-3-6-10-15)16-11-7-4-8-12-16/h3-12,14,17H,13,19H2,1-2H3. The highest BCUT2D eigenvalue weighted by Gasteiger charge is 2.24. The Balaban J connectivity index is 2.35. The second kappa shape index (κ2) is 7.04. The van der Waals surface area contributed by atoms with Crippen LogP contribution in [-0.2, 0) is 4.79 Å². The zero-order valence-corrected chi connectivity index (χ0v) is 12.6. The first-order valence-electron chi connectivity index (χ1n) is 7.29. The summed E-state index contributed by atoms with van der Waals surface area (Å²) in [4.78, 5) is 14.5. The van der Waals surface area contributed by atoms with Gasteiger partial charge in [0.15, 0.2) is 0 Å². The van der Waals surface area contributed by atoms with Crippen molar-refractivity contribution in [1.82, 2.24) is 0 Å². The van der Waals surface area contributed by atoms with Crippen molar-refractivity contribution in [3.8, 4) is 0 Å². The highest BCUT2D eigenvalue weighted by atomic mass is 16.2. The molecule has 0 aromatic heterocycles. The maximum absolute atomic E-state index is 12.8. The third-order valence-electron chi connectivity index (χ3n) is 3.29. The van der Waals surface area contributed by atoms with Crippen LogP contribution in [0.5, 0.6) is 0 Å². The number of carbonyl (C=O) groups is 1. The van der Waals surface area contributed by atoms with E-state index in [-0.39, 0.29) is 5.91 Å². The van der Waals surface area contributed by atoms with E-state index in [2.05, 4.69) is 13.8 Å². The predicted octanol–water partition coefficient (Wildman–Crippen LogP) is 3.72. The van der Waals surface area contributed by atoms with Gasteiger partial charge in [-0.25, -0.2) is 0 Å². The second-order valence-electron chi connectivity index (χ2n) is 5.58. The maximum atomic E-state index is 12.8. The fourth-order valence-electron chi connectivity index (χ4n) is 2.33. The Labute approximate surface area is 126 Å². The number of hydrogen-bond acceptors (Lipinski definition) is 2. The predicted molar refractivity (Wildman–Crippen MR) is 87.5 cm³/mol. The molecule has 2 N–H and O–H groups in total. The van der Waals surface area contributed by atoms with Gasteiger partial charge in [-0.3, -0.25) is 9.69 Å². The molecule has 0 aliphatic rings. The minimum absolute atomic E-state index is 0.0684. The lowest BCUT2D eigenvalue weighted by molar-refractivity contribution is -0.119. The molecule has 0 spiro atoms. The molecule has 1 atom stereocenters. The Morgan fingerprint density at radius 1 is 0.952 bits per heavy atom. The number of rotatable bonds is 5. The maximum Gasteiger partial charge on any atom is 0.248 e. The molecule has 0 aliphatic heterocycles. The number of nitrogens with two attached hydrogens (primary N) is 1. The summed E-state index contributed by atoms with van der Waals surface area (Å²) in [7, 11) is 0. The van der Waals surface area contributed by atoms with E-state index in [0.717, 1.165) is 11.4 Å². The fraction of sp³-hybridized carbons (Fsp3) is 0.278. The SMILES string of the molecule is CC(C)CC(N)C(=O)N(c1ccccc1)c1ccccc1. The minimum atomic E-state index is -0.495. The number of para-hydroxylation sites is 2. The summed E-state index contributed by atoms with van der Waals surface area (Å²) in [5, 5.41) is 0. The molecule has 0 fully saturated rings. The van der Waals surface area contributed by atoms with Crippen molar-refractivity contribution in [2.24, 2.45) is 11.7 Å². The van der Waals surface area contributed by atoms with Crippen molar-refractivity contribution >= 4 is 17.3 Å². The zero-order chi connectivity index (χ0) is 15.2. The van der Waals surface area contributed by atoms with Gasteiger partial charge in [0.05, 0.1) is 6.04 Å². The Bertz CT molecular complexity index is 527. The third kappa shape index (κ3) is 3.92. The van der Waals surface area contributed by atoms with Crippen molar-refractivity contribution in [3.05, 3.63) is 60.7 Å². The Hall–Kier alpha value is -2.13. The molecule has 0 radical (unpaired) electrons. The van der Waals surface area contributed by atoms with Gasteiger partial charge in [0, 0.05) is 11.4 Å². The van der Waals surface area contributed by atoms with Gasteiger partial charge >= 0.3 is 0 Å². The largest absolute Gasteiger partial charge is 0.320 e. The molecule has 2 rings (SSSR count). The molecule has 0 aliphatic carbocycles. The molecule has 0 heterocycles. The van der Waals surface area contributed by atoms with Crippen LogP contribution in [0.2, 0.25) is 0 Å². The Morgan fingerprint density at radius 3 is 1.76 bits per heavy atom. The van der Waals surface area contributed by atoms with Crippen LogP contribution in [0.3, 0.4) is 0 Å². The molecule has 21 heavy (non-hydrogen) atoms. The Morgan fingerprint density at radius 2 is 1.38 bits per heavy atom. The number of anilines is 2. The lowest BCUT2D eigenvalue weighted by Crippen LogP contribution is -2.42. The van der Waals surface area contributed by atoms with Crippen LogP contribution in [0.4, 0.5) is 11.4 Å². The van der Waals surface area contributed by atoms with E-state index in [1.165, 1.54) is 0 Å². The Kier molecular flexibility index (Phi) is 5.12. The first kappa shape index (κ1) is 15.3. The minimum Gasteiger partial charge on any atom is -0.320 e. The molecule has 0 saturated carbocycles. The highest BCUT2D eigenvalue weighted by Crippen LogP contribution is 2.26. The molecule has 0 bridgehead atoms. The number of hydrogen-bond donors (Lipinski definition) is 1. The van der Waals surface area contributed by atoms with Gasteiger partial charge in [-0.1, -0.05) is 50.2 Å². The highest BCUT2D eigenvalue weighted by molar-refractivity contribution is 6.03. The van der Waals surface area contributed by atoms with E-state index in [0.29, 0.717) is 12.3 Å². The van der Waals surface area contributed by atoms with Crippen LogP contribution in [0.25, 0.3) is 0 Å². The number of nitrogens with zero attached hydrogens (tertiary/aromatic N) is 1. The van der Waals surface area contributed by atoms with E-state index in [1.54, 1.807) is 4.90 Å². The van der Waals surface area contributed by atoms with Crippen LogP contribution >= 0.6 is 0 Å². The van der Waals surface area contributed by atoms with Gasteiger partial charge in [-0.05, 0) is 36.6 Å². The quantitative estimate of drug-likeness (QED) is 0.908. The molecule has 0 saturated heterocycles. The molecule has 2 aromatic rings. The van der Waals surface area contributed by atoms with Crippen LogP contribution in [-0.4, -0.2) is 11.9 Å². The molecule has 1 unspecified atom stereocenters. The molecule has 3 nitrogen and oxygen atoms in total. The van der Waals surface area contributed by atoms with Gasteiger partial charge in [0.25, 0.3) is 0 Å². The summed E-state index contributed by atoms with van der Waals surface area (Å²) in [6, 6.07) is 18.8. The normalized spacial score (nSPS) is 12.2. The average molecular weight is 282 g/mol. The lowest BCUT2D eigenvalue weighted by atomic mass is 10.0. The number of carbonyl (C=O) groups excluding carboxylic acids is 1. The second-order valence-corrected chi connectivity index (χ2v) is 5.58. The monoisotopic (exact) mass is 282 g/mol. The van der Waals surface area contributed by atoms with Crippen molar-refractivity contribution in [2.75, 3.05) is 4.90 Å². The third-order valence-corrected chi connectivity index (χ3v) is 3.29. The van der Waals surface area contributed by atoms with Crippen molar-refractivity contribution in [1.29, 1.82) is 0 Å². The van der Waals surface area contributed by atoms with E-state index < -0.39 is 6.04 Å². The first-order valence-corrected chi connectivity index (χ1v) is 7.29. The van der Waals surface area contributed by atoms with Gasteiger partial charge in [-0.15, -0.1) is 0 Å². The van der Waals surface area contributed by atoms with Gasteiger partial charge < -0.3 is 5.73 Å². The van der Waals surface area contributed by atoms with Gasteiger partial charge in [-0.2, -0.15) is 0 Å². The summed E-state index contributed by atoms with van der Waals surface area (Å²) >= 11 is 0. The molecule has 1 amide bonds. The van der Waals surface area contributed by atoms with Crippen molar-refractivity contribution in [2.45, 2.75) is 26.3 Å². The summed E-state index contributed by atoms with van der Waals surface area (Å²) in [6.07, 6.45) is 0.676. The first-order chi connectivity index (χ1) is 10.1. The van der Waals surface area contributed by atoms with Gasteiger partial charge in [0.2, 0.25) is 5.91 Å². The topological polar surface area (TPSA) is 46.3 Å². The summed E-state index contributed by atoms with van der Waals surface area (Å²) in [5.74, 6) is 0.318. The van der Waals surface area contributed by atoms with E-state index in [4.69, 9.17) is 5.73 Å². The van der Waals surface area contributed by atoms with Crippen LogP contribution in [0.15, 0.2) is 60.7 Å². The summed E-state index contributed by atoms with van der Waals surface area (Å²) in [6.45, 7) is 4.14. The van der Waals surface area contributed by atoms with Crippen molar-refractivity contribution in [3.63, 3.8) is 0 Å². The molecule has 110 valence electrons. The number of benzene rings is 2. The summed E-state index contributed by atoms with van der Waals surface area (Å²) in [5.41, 5.74) is 7.78. The number of amides is 1. The van der Waals surface area contributed by atoms with Crippen LogP contribution < -0.4 is 10.6 Å². The van der Waals surface area contributed by atoms with Crippen molar-refractivity contribution < 1.29 is 4.79 Å². The van der Waals surface area contributed by atoms with E-state index in [1.807, 2.05) is 60.7 Å². The van der Waals surface area contributed by atoms with E-state index in [9.17, 15) is 4.79 Å².